The molecule has 1 heterocycles. The molecule has 0 saturated carbocycles. The first-order valence-corrected chi connectivity index (χ1v) is 3.84. The van der Waals surface area contributed by atoms with Crippen molar-refractivity contribution in [2.75, 3.05) is 13.7 Å². The Balaban J connectivity index is 2.50. The molecule has 0 bridgehead atoms. The van der Waals surface area contributed by atoms with Gasteiger partial charge in [0.1, 0.15) is 12.2 Å². The predicted octanol–water partition coefficient (Wildman–Crippen LogP) is -1.54. The maximum atomic E-state index is 9.26. The quantitative estimate of drug-likeness (QED) is 0.477. The van der Waals surface area contributed by atoms with Crippen LogP contribution in [0.5, 0.6) is 0 Å². The van der Waals surface area contributed by atoms with Crippen LogP contribution in [0.4, 0.5) is 0 Å². The minimum absolute atomic E-state index is 0.170. The van der Waals surface area contributed by atoms with E-state index in [1.807, 2.05) is 0 Å². The molecule has 0 spiro atoms. The van der Waals surface area contributed by atoms with Crippen LogP contribution in [-0.4, -0.2) is 53.6 Å². The van der Waals surface area contributed by atoms with Crippen molar-refractivity contribution in [1.29, 1.82) is 0 Å². The summed E-state index contributed by atoms with van der Waals surface area (Å²) in [5.74, 6) is 0. The van der Waals surface area contributed by atoms with Gasteiger partial charge in [-0.3, -0.25) is 0 Å². The first kappa shape index (κ1) is 9.88. The average molecular weight is 178 g/mol. The molecule has 0 aromatic carbocycles. The standard InChI is InChI=1S/C7H14O5/c1-11-7-5(10)2-4(9)6(3-8)12-7/h4-10H,2-3H2,1H3/t4-,5+,6+,7-/m1/s1. The van der Waals surface area contributed by atoms with E-state index in [4.69, 9.17) is 14.6 Å². The van der Waals surface area contributed by atoms with Crippen molar-refractivity contribution in [3.05, 3.63) is 0 Å². The lowest BCUT2D eigenvalue weighted by molar-refractivity contribution is -0.261. The Morgan fingerprint density at radius 3 is 2.58 bits per heavy atom. The van der Waals surface area contributed by atoms with E-state index in [9.17, 15) is 10.2 Å². The Morgan fingerprint density at radius 1 is 1.42 bits per heavy atom. The zero-order valence-electron chi connectivity index (χ0n) is 6.88. The molecular weight excluding hydrogens is 164 g/mol. The first-order chi connectivity index (χ1) is 5.69. The van der Waals surface area contributed by atoms with Gasteiger partial charge in [-0.25, -0.2) is 0 Å². The Hall–Kier alpha value is -0.200. The van der Waals surface area contributed by atoms with Crippen molar-refractivity contribution in [3.8, 4) is 0 Å². The molecule has 12 heavy (non-hydrogen) atoms. The van der Waals surface area contributed by atoms with Gasteiger partial charge >= 0.3 is 0 Å². The topological polar surface area (TPSA) is 79.2 Å². The summed E-state index contributed by atoms with van der Waals surface area (Å²) in [5, 5.41) is 27.3. The molecule has 4 atom stereocenters. The largest absolute Gasteiger partial charge is 0.394 e. The number of hydrogen-bond donors (Lipinski definition) is 3. The summed E-state index contributed by atoms with van der Waals surface area (Å²) >= 11 is 0. The molecule has 0 radical (unpaired) electrons. The molecule has 0 aromatic heterocycles. The summed E-state index contributed by atoms with van der Waals surface area (Å²) in [6.45, 7) is -0.270. The molecule has 1 saturated heterocycles. The lowest BCUT2D eigenvalue weighted by Gasteiger charge is -2.35. The van der Waals surface area contributed by atoms with Crippen molar-refractivity contribution in [2.24, 2.45) is 0 Å². The molecule has 3 N–H and O–H groups in total. The second-order valence-electron chi connectivity index (χ2n) is 2.83. The molecule has 1 rings (SSSR count). The van der Waals surface area contributed by atoms with Gasteiger partial charge in [-0.15, -0.1) is 0 Å². The predicted molar refractivity (Wildman–Crippen MR) is 39.4 cm³/mol. The van der Waals surface area contributed by atoms with Crippen LogP contribution in [0.3, 0.4) is 0 Å². The van der Waals surface area contributed by atoms with Gasteiger partial charge in [0, 0.05) is 13.5 Å². The highest BCUT2D eigenvalue weighted by Crippen LogP contribution is 2.20. The van der Waals surface area contributed by atoms with Gasteiger partial charge in [-0.2, -0.15) is 0 Å². The number of ether oxygens (including phenoxy) is 2. The van der Waals surface area contributed by atoms with Gasteiger partial charge < -0.3 is 24.8 Å². The maximum absolute atomic E-state index is 9.26. The summed E-state index contributed by atoms with van der Waals surface area (Å²) in [5.41, 5.74) is 0. The van der Waals surface area contributed by atoms with Gasteiger partial charge in [0.2, 0.25) is 0 Å². The van der Waals surface area contributed by atoms with Crippen molar-refractivity contribution in [1.82, 2.24) is 0 Å². The minimum atomic E-state index is -0.826. The van der Waals surface area contributed by atoms with Gasteiger partial charge in [-0.1, -0.05) is 0 Å². The van der Waals surface area contributed by atoms with Gasteiger partial charge in [0.25, 0.3) is 0 Å². The van der Waals surface area contributed by atoms with Crippen molar-refractivity contribution >= 4 is 0 Å². The van der Waals surface area contributed by atoms with Crippen molar-refractivity contribution < 1.29 is 24.8 Å². The van der Waals surface area contributed by atoms with E-state index < -0.39 is 24.6 Å². The van der Waals surface area contributed by atoms with Gasteiger partial charge in [0.05, 0.1) is 12.7 Å². The molecule has 0 aliphatic carbocycles. The third-order valence-corrected chi connectivity index (χ3v) is 1.95. The second-order valence-corrected chi connectivity index (χ2v) is 2.83. The van der Waals surface area contributed by atoms with Crippen LogP contribution < -0.4 is 0 Å². The fourth-order valence-electron chi connectivity index (χ4n) is 1.24. The summed E-state index contributed by atoms with van der Waals surface area (Å²) in [7, 11) is 1.40. The summed E-state index contributed by atoms with van der Waals surface area (Å²) in [6, 6.07) is 0. The first-order valence-electron chi connectivity index (χ1n) is 3.84. The van der Waals surface area contributed by atoms with E-state index in [2.05, 4.69) is 0 Å². The molecule has 72 valence electrons. The molecule has 1 aliphatic heterocycles. The van der Waals surface area contributed by atoms with Gasteiger partial charge in [-0.05, 0) is 0 Å². The van der Waals surface area contributed by atoms with Crippen LogP contribution in [-0.2, 0) is 9.47 Å². The van der Waals surface area contributed by atoms with Crippen LogP contribution in [0.2, 0.25) is 0 Å². The molecule has 0 unspecified atom stereocenters. The summed E-state index contributed by atoms with van der Waals surface area (Å²) in [6.07, 6.45) is -2.88. The number of rotatable bonds is 2. The minimum Gasteiger partial charge on any atom is -0.394 e. The molecule has 1 aliphatic rings. The number of aliphatic hydroxyl groups is 3. The molecular formula is C7H14O5. The summed E-state index contributed by atoms with van der Waals surface area (Å²) < 4.78 is 9.83. The number of aliphatic hydroxyl groups excluding tert-OH is 3. The Morgan fingerprint density at radius 2 is 2.08 bits per heavy atom. The third kappa shape index (κ3) is 1.94. The summed E-state index contributed by atoms with van der Waals surface area (Å²) in [4.78, 5) is 0. The molecule has 5 heteroatoms. The fraction of sp³-hybridized carbons (Fsp3) is 1.00. The molecule has 1 fully saturated rings. The van der Waals surface area contributed by atoms with Crippen LogP contribution >= 0.6 is 0 Å². The van der Waals surface area contributed by atoms with E-state index in [0.717, 1.165) is 0 Å². The monoisotopic (exact) mass is 178 g/mol. The Bertz CT molecular complexity index is 126. The van der Waals surface area contributed by atoms with E-state index in [1.54, 1.807) is 0 Å². The SMILES string of the molecule is CO[C@@H]1O[C@@H](CO)[C@H](O)C[C@@H]1O. The van der Waals surface area contributed by atoms with Gasteiger partial charge in [0.15, 0.2) is 6.29 Å². The second kappa shape index (κ2) is 4.15. The molecule has 0 aromatic rings. The highest BCUT2D eigenvalue weighted by molar-refractivity contribution is 4.80. The van der Waals surface area contributed by atoms with Crippen LogP contribution in [0, 0.1) is 0 Å². The van der Waals surface area contributed by atoms with E-state index in [1.165, 1.54) is 7.11 Å². The Labute approximate surface area is 70.5 Å². The van der Waals surface area contributed by atoms with E-state index in [0.29, 0.717) is 0 Å². The average Bonchev–Trinajstić information content (AvgIpc) is 2.05. The number of hydrogen-bond acceptors (Lipinski definition) is 5. The highest BCUT2D eigenvalue weighted by Gasteiger charge is 2.35. The maximum Gasteiger partial charge on any atom is 0.183 e. The van der Waals surface area contributed by atoms with Crippen LogP contribution in [0.15, 0.2) is 0 Å². The Kier molecular flexibility index (Phi) is 3.42. The lowest BCUT2D eigenvalue weighted by Crippen LogP contribution is -2.49. The fourth-order valence-corrected chi connectivity index (χ4v) is 1.24. The third-order valence-electron chi connectivity index (χ3n) is 1.95. The number of methoxy groups -OCH3 is 1. The van der Waals surface area contributed by atoms with E-state index in [-0.39, 0.29) is 13.0 Å². The zero-order chi connectivity index (χ0) is 9.14. The molecule has 5 nitrogen and oxygen atoms in total. The van der Waals surface area contributed by atoms with Crippen molar-refractivity contribution in [3.63, 3.8) is 0 Å². The van der Waals surface area contributed by atoms with E-state index >= 15 is 0 Å². The highest BCUT2D eigenvalue weighted by atomic mass is 16.7. The normalized spacial score (nSPS) is 43.0. The van der Waals surface area contributed by atoms with Crippen molar-refractivity contribution in [2.45, 2.75) is 31.0 Å². The van der Waals surface area contributed by atoms with Crippen LogP contribution in [0.1, 0.15) is 6.42 Å². The van der Waals surface area contributed by atoms with Crippen LogP contribution in [0.25, 0.3) is 0 Å². The molecule has 0 amide bonds. The smallest absolute Gasteiger partial charge is 0.183 e. The lowest BCUT2D eigenvalue weighted by atomic mass is 10.0. The zero-order valence-corrected chi connectivity index (χ0v) is 6.88.